The minimum atomic E-state index is -0.816. The highest BCUT2D eigenvalue weighted by Crippen LogP contribution is 2.00. The van der Waals surface area contributed by atoms with Crippen LogP contribution in [0, 0.1) is 0 Å². The summed E-state index contributed by atoms with van der Waals surface area (Å²) in [6.45, 7) is 3.80. The molecule has 0 heterocycles. The molecule has 0 aliphatic carbocycles. The third-order valence-corrected chi connectivity index (χ3v) is 1.73. The summed E-state index contributed by atoms with van der Waals surface area (Å²) in [7, 11) is 0. The third kappa shape index (κ3) is 9.59. The van der Waals surface area contributed by atoms with Crippen molar-refractivity contribution in [2.45, 2.75) is 39.3 Å². The van der Waals surface area contributed by atoms with Crippen molar-refractivity contribution in [3.63, 3.8) is 0 Å². The first kappa shape index (κ1) is 16.4. The van der Waals surface area contributed by atoms with Crippen molar-refractivity contribution in [1.82, 2.24) is 0 Å². The molecule has 0 aromatic carbocycles. The quantitative estimate of drug-likeness (QED) is 0.498. The van der Waals surface area contributed by atoms with Gasteiger partial charge in [0.15, 0.2) is 6.10 Å². The summed E-state index contributed by atoms with van der Waals surface area (Å²) in [6, 6.07) is -0.333. The first-order chi connectivity index (χ1) is 8.31. The summed E-state index contributed by atoms with van der Waals surface area (Å²) < 4.78 is 14.4. The second-order valence-corrected chi connectivity index (χ2v) is 3.90. The van der Waals surface area contributed by atoms with Gasteiger partial charge in [-0.2, -0.15) is 0 Å². The monoisotopic (exact) mass is 261 g/mol. The molecule has 0 fully saturated rings. The van der Waals surface area contributed by atoms with Crippen LogP contribution in [0.5, 0.6) is 0 Å². The molecule has 7 nitrogen and oxygen atoms in total. The average Bonchev–Trinajstić information content (AvgIpc) is 2.20. The highest BCUT2D eigenvalue weighted by molar-refractivity contribution is 5.70. The standard InChI is InChI=1S/C11H19NO6/c1-7(12)4-11(15)18-10(5-16-8(2)13)6-17-9(3)14/h7,10H,4-6,12H2,1-3H3. The summed E-state index contributed by atoms with van der Waals surface area (Å²) in [5.74, 6) is -1.55. The molecule has 1 unspecified atom stereocenters. The van der Waals surface area contributed by atoms with Crippen LogP contribution in [0.2, 0.25) is 0 Å². The summed E-state index contributed by atoms with van der Waals surface area (Å²) >= 11 is 0. The molecule has 7 heteroatoms. The van der Waals surface area contributed by atoms with Gasteiger partial charge >= 0.3 is 17.9 Å². The minimum absolute atomic E-state index is 0.0383. The Morgan fingerprint density at radius 1 is 1.06 bits per heavy atom. The summed E-state index contributed by atoms with van der Waals surface area (Å²) in [4.78, 5) is 32.7. The van der Waals surface area contributed by atoms with Gasteiger partial charge in [0, 0.05) is 19.9 Å². The van der Waals surface area contributed by atoms with Gasteiger partial charge < -0.3 is 19.9 Å². The summed E-state index contributed by atoms with van der Waals surface area (Å²) in [5, 5.41) is 0. The number of hydrogen-bond acceptors (Lipinski definition) is 7. The van der Waals surface area contributed by atoms with Gasteiger partial charge in [0.1, 0.15) is 13.2 Å². The molecule has 0 bridgehead atoms. The molecule has 0 spiro atoms. The zero-order valence-electron chi connectivity index (χ0n) is 10.8. The predicted molar refractivity (Wildman–Crippen MR) is 61.4 cm³/mol. The molecule has 2 N–H and O–H groups in total. The Bertz CT molecular complexity index is 284. The molecule has 18 heavy (non-hydrogen) atoms. The van der Waals surface area contributed by atoms with E-state index in [2.05, 4.69) is 0 Å². The lowest BCUT2D eigenvalue weighted by atomic mass is 10.2. The van der Waals surface area contributed by atoms with E-state index >= 15 is 0 Å². The number of carbonyl (C=O) groups excluding carboxylic acids is 3. The van der Waals surface area contributed by atoms with Crippen LogP contribution >= 0.6 is 0 Å². The number of rotatable bonds is 7. The first-order valence-corrected chi connectivity index (χ1v) is 5.53. The molecule has 0 radical (unpaired) electrons. The van der Waals surface area contributed by atoms with Gasteiger partial charge in [-0.15, -0.1) is 0 Å². The van der Waals surface area contributed by atoms with E-state index in [-0.39, 0.29) is 25.7 Å². The lowest BCUT2D eigenvalue weighted by molar-refractivity contribution is -0.165. The normalized spacial score (nSPS) is 11.8. The third-order valence-electron chi connectivity index (χ3n) is 1.73. The molecule has 1 atom stereocenters. The fraction of sp³-hybridized carbons (Fsp3) is 0.727. The zero-order chi connectivity index (χ0) is 14.1. The molecule has 104 valence electrons. The maximum absolute atomic E-state index is 11.4. The van der Waals surface area contributed by atoms with E-state index < -0.39 is 24.0 Å². The van der Waals surface area contributed by atoms with E-state index in [1.165, 1.54) is 13.8 Å². The van der Waals surface area contributed by atoms with Crippen molar-refractivity contribution in [1.29, 1.82) is 0 Å². The molecule has 0 saturated heterocycles. The Hall–Kier alpha value is -1.63. The van der Waals surface area contributed by atoms with E-state index in [1.807, 2.05) is 0 Å². The maximum Gasteiger partial charge on any atom is 0.307 e. The van der Waals surface area contributed by atoms with Crippen molar-refractivity contribution in [3.05, 3.63) is 0 Å². The Kier molecular flexibility index (Phi) is 7.69. The topological polar surface area (TPSA) is 105 Å². The molecule has 0 saturated carbocycles. The van der Waals surface area contributed by atoms with Crippen molar-refractivity contribution in [2.75, 3.05) is 13.2 Å². The maximum atomic E-state index is 11.4. The largest absolute Gasteiger partial charge is 0.462 e. The molecule has 0 aliphatic rings. The minimum Gasteiger partial charge on any atom is -0.462 e. The Morgan fingerprint density at radius 3 is 1.83 bits per heavy atom. The van der Waals surface area contributed by atoms with Gasteiger partial charge in [0.25, 0.3) is 0 Å². The SMILES string of the molecule is CC(=O)OCC(COC(C)=O)OC(=O)CC(C)N. The fourth-order valence-corrected chi connectivity index (χ4v) is 1.03. The number of ether oxygens (including phenoxy) is 3. The number of hydrogen-bond donors (Lipinski definition) is 1. The summed E-state index contributed by atoms with van der Waals surface area (Å²) in [5.41, 5.74) is 5.44. The van der Waals surface area contributed by atoms with Gasteiger partial charge in [-0.05, 0) is 6.92 Å². The van der Waals surface area contributed by atoms with Crippen molar-refractivity contribution < 1.29 is 28.6 Å². The Morgan fingerprint density at radius 2 is 1.50 bits per heavy atom. The highest BCUT2D eigenvalue weighted by Gasteiger charge is 2.18. The number of carbonyl (C=O) groups is 3. The Labute approximate surface area is 106 Å². The van der Waals surface area contributed by atoms with Crippen LogP contribution in [0.1, 0.15) is 27.2 Å². The molecular weight excluding hydrogens is 242 g/mol. The van der Waals surface area contributed by atoms with Crippen LogP contribution in [0.3, 0.4) is 0 Å². The van der Waals surface area contributed by atoms with Crippen LogP contribution in [0.25, 0.3) is 0 Å². The Balaban J connectivity index is 4.22. The number of nitrogens with two attached hydrogens (primary N) is 1. The molecule has 0 aliphatic heterocycles. The van der Waals surface area contributed by atoms with E-state index in [0.29, 0.717) is 0 Å². The second kappa shape index (κ2) is 8.46. The molecule has 0 rings (SSSR count). The first-order valence-electron chi connectivity index (χ1n) is 5.53. The van der Waals surface area contributed by atoms with E-state index in [4.69, 9.17) is 19.9 Å². The second-order valence-electron chi connectivity index (χ2n) is 3.90. The average molecular weight is 261 g/mol. The lowest BCUT2D eigenvalue weighted by Crippen LogP contribution is -2.32. The van der Waals surface area contributed by atoms with Gasteiger partial charge in [-0.1, -0.05) is 0 Å². The van der Waals surface area contributed by atoms with Crippen molar-refractivity contribution in [3.8, 4) is 0 Å². The van der Waals surface area contributed by atoms with Crippen molar-refractivity contribution in [2.24, 2.45) is 5.73 Å². The van der Waals surface area contributed by atoms with Crippen LogP contribution in [0.15, 0.2) is 0 Å². The fourth-order valence-electron chi connectivity index (χ4n) is 1.03. The molecular formula is C11H19NO6. The number of esters is 3. The van der Waals surface area contributed by atoms with Gasteiger partial charge in [0.2, 0.25) is 0 Å². The molecule has 0 amide bonds. The lowest BCUT2D eigenvalue weighted by Gasteiger charge is -2.17. The van der Waals surface area contributed by atoms with Gasteiger partial charge in [-0.25, -0.2) is 0 Å². The highest BCUT2D eigenvalue weighted by atomic mass is 16.6. The van der Waals surface area contributed by atoms with E-state index in [9.17, 15) is 14.4 Å². The van der Waals surface area contributed by atoms with Gasteiger partial charge in [0.05, 0.1) is 6.42 Å². The van der Waals surface area contributed by atoms with Gasteiger partial charge in [-0.3, -0.25) is 14.4 Å². The van der Waals surface area contributed by atoms with Crippen LogP contribution in [-0.2, 0) is 28.6 Å². The zero-order valence-corrected chi connectivity index (χ0v) is 10.8. The molecule has 0 aromatic heterocycles. The smallest absolute Gasteiger partial charge is 0.307 e. The van der Waals surface area contributed by atoms with Crippen LogP contribution in [0.4, 0.5) is 0 Å². The van der Waals surface area contributed by atoms with E-state index in [1.54, 1.807) is 6.92 Å². The van der Waals surface area contributed by atoms with Crippen molar-refractivity contribution >= 4 is 17.9 Å². The van der Waals surface area contributed by atoms with Crippen LogP contribution < -0.4 is 5.73 Å². The van der Waals surface area contributed by atoms with E-state index in [0.717, 1.165) is 0 Å². The van der Waals surface area contributed by atoms with Crippen LogP contribution in [-0.4, -0.2) is 43.3 Å². The molecule has 0 aromatic rings. The predicted octanol–water partition coefficient (Wildman–Crippen LogP) is -0.238. The summed E-state index contributed by atoms with van der Waals surface area (Å²) in [6.07, 6.45) is -0.777.